The fraction of sp³-hybridized carbons (Fsp3) is 0.625. The summed E-state index contributed by atoms with van der Waals surface area (Å²) >= 11 is 0. The van der Waals surface area contributed by atoms with Crippen molar-refractivity contribution < 1.29 is 5.11 Å². The molecular weight excluding hydrogens is 222 g/mol. The van der Waals surface area contributed by atoms with Crippen molar-refractivity contribution in [3.63, 3.8) is 0 Å². The Labute approximate surface area is 111 Å². The van der Waals surface area contributed by atoms with Gasteiger partial charge < -0.3 is 10.0 Å². The Morgan fingerprint density at radius 3 is 2.83 bits per heavy atom. The first-order chi connectivity index (χ1) is 8.56. The lowest BCUT2D eigenvalue weighted by atomic mass is 9.68. The highest BCUT2D eigenvalue weighted by atomic mass is 16.3. The molecule has 1 aromatic rings. The number of likely N-dealkylation sites (tertiary alicyclic amines) is 1. The Bertz CT molecular complexity index is 404. The van der Waals surface area contributed by atoms with Crippen LogP contribution in [0.15, 0.2) is 24.3 Å². The van der Waals surface area contributed by atoms with Crippen molar-refractivity contribution in [1.29, 1.82) is 0 Å². The van der Waals surface area contributed by atoms with Crippen molar-refractivity contribution in [2.75, 3.05) is 19.6 Å². The molecule has 18 heavy (non-hydrogen) atoms. The summed E-state index contributed by atoms with van der Waals surface area (Å²) in [5.41, 5.74) is 1.48. The third kappa shape index (κ3) is 2.54. The zero-order chi connectivity index (χ0) is 13.2. The Balaban J connectivity index is 2.17. The van der Waals surface area contributed by atoms with E-state index in [2.05, 4.69) is 31.7 Å². The Hall–Kier alpha value is -1.02. The van der Waals surface area contributed by atoms with Crippen LogP contribution in [0.2, 0.25) is 0 Å². The molecule has 1 aliphatic heterocycles. The van der Waals surface area contributed by atoms with Gasteiger partial charge in [-0.2, -0.15) is 0 Å². The van der Waals surface area contributed by atoms with Crippen molar-refractivity contribution in [1.82, 2.24) is 4.90 Å². The van der Waals surface area contributed by atoms with E-state index in [1.54, 1.807) is 6.07 Å². The predicted octanol–water partition coefficient (Wildman–Crippen LogP) is 3.40. The van der Waals surface area contributed by atoms with Crippen LogP contribution in [0.3, 0.4) is 0 Å². The minimum absolute atomic E-state index is 0.197. The number of rotatable bonds is 3. The second kappa shape index (κ2) is 5.31. The first kappa shape index (κ1) is 13.4. The highest BCUT2D eigenvalue weighted by molar-refractivity contribution is 5.33. The lowest BCUT2D eigenvalue weighted by molar-refractivity contribution is 0.111. The molecule has 2 rings (SSSR count). The zero-order valence-electron chi connectivity index (χ0n) is 11.8. The van der Waals surface area contributed by atoms with Crippen molar-refractivity contribution in [2.24, 2.45) is 5.92 Å². The molecule has 2 unspecified atom stereocenters. The minimum Gasteiger partial charge on any atom is -0.508 e. The lowest BCUT2D eigenvalue weighted by Gasteiger charge is -2.45. The lowest BCUT2D eigenvalue weighted by Crippen LogP contribution is -2.47. The molecule has 2 atom stereocenters. The van der Waals surface area contributed by atoms with Crippen molar-refractivity contribution in [3.8, 4) is 5.75 Å². The van der Waals surface area contributed by atoms with E-state index in [0.717, 1.165) is 0 Å². The minimum atomic E-state index is 0.197. The topological polar surface area (TPSA) is 23.5 Å². The van der Waals surface area contributed by atoms with Gasteiger partial charge >= 0.3 is 0 Å². The van der Waals surface area contributed by atoms with Crippen LogP contribution >= 0.6 is 0 Å². The predicted molar refractivity (Wildman–Crippen MR) is 76.0 cm³/mol. The molecule has 2 heteroatoms. The van der Waals surface area contributed by atoms with Crippen LogP contribution in [-0.2, 0) is 5.41 Å². The van der Waals surface area contributed by atoms with Crippen LogP contribution in [0.25, 0.3) is 0 Å². The highest BCUT2D eigenvalue weighted by Gasteiger charge is 2.37. The maximum atomic E-state index is 9.67. The van der Waals surface area contributed by atoms with Crippen LogP contribution in [0.5, 0.6) is 5.75 Å². The maximum Gasteiger partial charge on any atom is 0.115 e. The molecular formula is C16H25NO. The smallest absolute Gasteiger partial charge is 0.115 e. The highest BCUT2D eigenvalue weighted by Crippen LogP contribution is 2.40. The fourth-order valence-corrected chi connectivity index (χ4v) is 3.13. The van der Waals surface area contributed by atoms with E-state index in [4.69, 9.17) is 0 Å². The second-order valence-electron chi connectivity index (χ2n) is 5.92. The first-order valence-corrected chi connectivity index (χ1v) is 7.08. The standard InChI is InChI=1S/C16H25NO/c1-4-9-17-10-8-16(3,13(2)12-17)14-6-5-7-15(18)11-14/h5-7,11,13,18H,4,8-10,12H2,1-3H3. The third-order valence-electron chi connectivity index (χ3n) is 4.61. The van der Waals surface area contributed by atoms with E-state index < -0.39 is 0 Å². The van der Waals surface area contributed by atoms with Crippen LogP contribution in [0.4, 0.5) is 0 Å². The average molecular weight is 247 g/mol. The summed E-state index contributed by atoms with van der Waals surface area (Å²) < 4.78 is 0. The molecule has 0 saturated carbocycles. The van der Waals surface area contributed by atoms with E-state index in [1.807, 2.05) is 12.1 Å². The molecule has 1 fully saturated rings. The SMILES string of the molecule is CCCN1CCC(C)(c2cccc(O)c2)C(C)C1. The number of hydrogen-bond donors (Lipinski definition) is 1. The van der Waals surface area contributed by atoms with Gasteiger partial charge in [-0.15, -0.1) is 0 Å². The number of phenolic OH excluding ortho intramolecular Hbond substituents is 1. The first-order valence-electron chi connectivity index (χ1n) is 7.08. The van der Waals surface area contributed by atoms with Gasteiger partial charge in [-0.25, -0.2) is 0 Å². The molecule has 1 saturated heterocycles. The van der Waals surface area contributed by atoms with E-state index in [9.17, 15) is 5.11 Å². The zero-order valence-corrected chi connectivity index (χ0v) is 11.8. The van der Waals surface area contributed by atoms with Crippen molar-refractivity contribution >= 4 is 0 Å². The summed E-state index contributed by atoms with van der Waals surface area (Å²) in [6, 6.07) is 7.81. The van der Waals surface area contributed by atoms with Gasteiger partial charge in [0.1, 0.15) is 5.75 Å². The number of benzene rings is 1. The summed E-state index contributed by atoms with van der Waals surface area (Å²) in [5, 5.41) is 9.67. The summed E-state index contributed by atoms with van der Waals surface area (Å²) in [6.45, 7) is 10.5. The fourth-order valence-electron chi connectivity index (χ4n) is 3.13. The number of hydrogen-bond acceptors (Lipinski definition) is 2. The van der Waals surface area contributed by atoms with Crippen molar-refractivity contribution in [2.45, 2.75) is 39.0 Å². The molecule has 2 nitrogen and oxygen atoms in total. The third-order valence-corrected chi connectivity index (χ3v) is 4.61. The molecule has 0 spiro atoms. The maximum absolute atomic E-state index is 9.67. The summed E-state index contributed by atoms with van der Waals surface area (Å²) in [6.07, 6.45) is 2.41. The molecule has 0 aliphatic carbocycles. The average Bonchev–Trinajstić information content (AvgIpc) is 2.34. The number of nitrogens with zero attached hydrogens (tertiary/aromatic N) is 1. The van der Waals surface area contributed by atoms with E-state index in [1.165, 1.54) is 38.0 Å². The van der Waals surface area contributed by atoms with Gasteiger partial charge in [0.15, 0.2) is 0 Å². The van der Waals surface area contributed by atoms with E-state index >= 15 is 0 Å². The molecule has 1 heterocycles. The Kier molecular flexibility index (Phi) is 3.96. The largest absolute Gasteiger partial charge is 0.508 e. The molecule has 0 bridgehead atoms. The number of phenols is 1. The number of piperidine rings is 1. The summed E-state index contributed by atoms with van der Waals surface area (Å²) in [7, 11) is 0. The molecule has 100 valence electrons. The van der Waals surface area contributed by atoms with Gasteiger partial charge in [-0.05, 0) is 55.0 Å². The van der Waals surface area contributed by atoms with Gasteiger partial charge in [0.2, 0.25) is 0 Å². The molecule has 0 aromatic heterocycles. The Morgan fingerprint density at radius 2 is 2.22 bits per heavy atom. The molecule has 1 aliphatic rings. The van der Waals surface area contributed by atoms with E-state index in [-0.39, 0.29) is 5.41 Å². The van der Waals surface area contributed by atoms with Crippen molar-refractivity contribution in [3.05, 3.63) is 29.8 Å². The quantitative estimate of drug-likeness (QED) is 0.885. The van der Waals surface area contributed by atoms with Gasteiger partial charge in [0.05, 0.1) is 0 Å². The van der Waals surface area contributed by atoms with Crippen LogP contribution in [0.1, 0.15) is 39.2 Å². The second-order valence-corrected chi connectivity index (χ2v) is 5.92. The van der Waals surface area contributed by atoms with Gasteiger partial charge in [-0.1, -0.05) is 32.9 Å². The van der Waals surface area contributed by atoms with Gasteiger partial charge in [0.25, 0.3) is 0 Å². The monoisotopic (exact) mass is 247 g/mol. The Morgan fingerprint density at radius 1 is 1.44 bits per heavy atom. The molecule has 0 amide bonds. The van der Waals surface area contributed by atoms with Gasteiger partial charge in [0, 0.05) is 6.54 Å². The van der Waals surface area contributed by atoms with Crippen LogP contribution in [0, 0.1) is 5.92 Å². The molecule has 1 N–H and O–H groups in total. The normalized spacial score (nSPS) is 29.4. The van der Waals surface area contributed by atoms with Crippen LogP contribution in [-0.4, -0.2) is 29.6 Å². The summed E-state index contributed by atoms with van der Waals surface area (Å²) in [4.78, 5) is 2.56. The van der Waals surface area contributed by atoms with Crippen LogP contribution < -0.4 is 0 Å². The molecule has 1 aromatic carbocycles. The summed E-state index contributed by atoms with van der Waals surface area (Å²) in [5.74, 6) is 1.01. The number of aromatic hydroxyl groups is 1. The molecule has 0 radical (unpaired) electrons. The van der Waals surface area contributed by atoms with E-state index in [0.29, 0.717) is 11.7 Å². The van der Waals surface area contributed by atoms with Gasteiger partial charge in [-0.3, -0.25) is 0 Å².